The third kappa shape index (κ3) is 5.03. The SMILES string of the molecule is Cc1ccc(S(=O)(=O)Nc2cccc(F)c2)cc1C(=O)NCC(C)C. The van der Waals surface area contributed by atoms with Crippen LogP contribution >= 0.6 is 0 Å². The highest BCUT2D eigenvalue weighted by Crippen LogP contribution is 2.20. The maximum atomic E-state index is 13.2. The molecule has 0 saturated heterocycles. The lowest BCUT2D eigenvalue weighted by Gasteiger charge is -2.12. The van der Waals surface area contributed by atoms with Crippen LogP contribution in [0.4, 0.5) is 10.1 Å². The summed E-state index contributed by atoms with van der Waals surface area (Å²) >= 11 is 0. The summed E-state index contributed by atoms with van der Waals surface area (Å²) in [6.07, 6.45) is 0. The number of rotatable bonds is 6. The number of aryl methyl sites for hydroxylation is 1. The highest BCUT2D eigenvalue weighted by Gasteiger charge is 2.18. The van der Waals surface area contributed by atoms with E-state index in [9.17, 15) is 17.6 Å². The van der Waals surface area contributed by atoms with Crippen molar-refractivity contribution in [2.24, 2.45) is 5.92 Å². The van der Waals surface area contributed by atoms with Gasteiger partial charge in [0, 0.05) is 12.1 Å². The third-order valence-electron chi connectivity index (χ3n) is 3.51. The Morgan fingerprint density at radius 3 is 2.52 bits per heavy atom. The number of hydrogen-bond acceptors (Lipinski definition) is 3. The minimum Gasteiger partial charge on any atom is -0.352 e. The van der Waals surface area contributed by atoms with Crippen molar-refractivity contribution in [2.45, 2.75) is 25.7 Å². The minimum atomic E-state index is -3.93. The van der Waals surface area contributed by atoms with Crippen LogP contribution in [-0.2, 0) is 10.0 Å². The molecular weight excluding hydrogens is 343 g/mol. The van der Waals surface area contributed by atoms with Crippen molar-refractivity contribution < 1.29 is 17.6 Å². The van der Waals surface area contributed by atoms with E-state index in [0.717, 1.165) is 6.07 Å². The molecule has 0 aliphatic carbocycles. The molecule has 0 aliphatic rings. The first-order valence-electron chi connectivity index (χ1n) is 7.86. The van der Waals surface area contributed by atoms with E-state index in [-0.39, 0.29) is 22.4 Å². The number of nitrogens with one attached hydrogen (secondary N) is 2. The molecule has 1 amide bonds. The Morgan fingerprint density at radius 2 is 1.88 bits per heavy atom. The monoisotopic (exact) mass is 364 g/mol. The van der Waals surface area contributed by atoms with Crippen molar-refractivity contribution in [1.82, 2.24) is 5.32 Å². The van der Waals surface area contributed by atoms with Gasteiger partial charge < -0.3 is 5.32 Å². The fourth-order valence-corrected chi connectivity index (χ4v) is 3.25. The maximum Gasteiger partial charge on any atom is 0.261 e. The molecule has 0 aliphatic heterocycles. The average molecular weight is 364 g/mol. The fourth-order valence-electron chi connectivity index (χ4n) is 2.17. The summed E-state index contributed by atoms with van der Waals surface area (Å²) in [5.74, 6) is -0.585. The van der Waals surface area contributed by atoms with Crippen LogP contribution in [0.5, 0.6) is 0 Å². The minimum absolute atomic E-state index is 0.0583. The van der Waals surface area contributed by atoms with Gasteiger partial charge in [-0.15, -0.1) is 0 Å². The zero-order valence-electron chi connectivity index (χ0n) is 14.3. The van der Waals surface area contributed by atoms with Crippen molar-refractivity contribution >= 4 is 21.6 Å². The number of carbonyl (C=O) groups is 1. The summed E-state index contributed by atoms with van der Waals surface area (Å²) in [5.41, 5.74) is 1.08. The van der Waals surface area contributed by atoms with Crippen LogP contribution in [0.2, 0.25) is 0 Å². The van der Waals surface area contributed by atoms with E-state index >= 15 is 0 Å². The second-order valence-electron chi connectivity index (χ2n) is 6.20. The van der Waals surface area contributed by atoms with Gasteiger partial charge >= 0.3 is 0 Å². The predicted molar refractivity (Wildman–Crippen MR) is 95.6 cm³/mol. The van der Waals surface area contributed by atoms with E-state index < -0.39 is 15.8 Å². The van der Waals surface area contributed by atoms with Gasteiger partial charge in [-0.25, -0.2) is 12.8 Å². The van der Waals surface area contributed by atoms with Gasteiger partial charge in [-0.3, -0.25) is 9.52 Å². The van der Waals surface area contributed by atoms with Crippen molar-refractivity contribution in [3.05, 3.63) is 59.4 Å². The van der Waals surface area contributed by atoms with E-state index in [1.54, 1.807) is 13.0 Å². The molecule has 134 valence electrons. The summed E-state index contributed by atoms with van der Waals surface area (Å²) in [4.78, 5) is 12.2. The molecule has 5 nitrogen and oxygen atoms in total. The van der Waals surface area contributed by atoms with E-state index in [0.29, 0.717) is 17.7 Å². The molecule has 0 bridgehead atoms. The Morgan fingerprint density at radius 1 is 1.16 bits per heavy atom. The molecule has 0 atom stereocenters. The fraction of sp³-hybridized carbons (Fsp3) is 0.278. The molecule has 7 heteroatoms. The van der Waals surface area contributed by atoms with Crippen molar-refractivity contribution in [2.75, 3.05) is 11.3 Å². The normalized spacial score (nSPS) is 11.4. The molecule has 0 radical (unpaired) electrons. The van der Waals surface area contributed by atoms with Crippen LogP contribution in [0.15, 0.2) is 47.4 Å². The number of sulfonamides is 1. The van der Waals surface area contributed by atoms with Crippen molar-refractivity contribution in [3.63, 3.8) is 0 Å². The topological polar surface area (TPSA) is 75.3 Å². The van der Waals surface area contributed by atoms with Crippen LogP contribution in [-0.4, -0.2) is 20.9 Å². The largest absolute Gasteiger partial charge is 0.352 e. The molecule has 0 heterocycles. The predicted octanol–water partition coefficient (Wildman–Crippen LogP) is 3.32. The molecule has 25 heavy (non-hydrogen) atoms. The highest BCUT2D eigenvalue weighted by molar-refractivity contribution is 7.92. The molecule has 0 fully saturated rings. The van der Waals surface area contributed by atoms with Gasteiger partial charge in [-0.1, -0.05) is 26.0 Å². The summed E-state index contributed by atoms with van der Waals surface area (Å²) < 4.78 is 40.5. The maximum absolute atomic E-state index is 13.2. The van der Waals surface area contributed by atoms with E-state index in [4.69, 9.17) is 0 Å². The summed E-state index contributed by atoms with van der Waals surface area (Å²) in [6.45, 7) is 6.17. The van der Waals surface area contributed by atoms with Gasteiger partial charge in [0.25, 0.3) is 15.9 Å². The van der Waals surface area contributed by atoms with Gasteiger partial charge in [-0.05, 0) is 48.7 Å². The summed E-state index contributed by atoms with van der Waals surface area (Å²) in [5, 5.41) is 2.77. The Labute approximate surface area is 147 Å². The Balaban J connectivity index is 2.29. The smallest absolute Gasteiger partial charge is 0.261 e. The second-order valence-corrected chi connectivity index (χ2v) is 7.88. The average Bonchev–Trinajstić information content (AvgIpc) is 2.52. The van der Waals surface area contributed by atoms with Crippen molar-refractivity contribution in [1.29, 1.82) is 0 Å². The highest BCUT2D eigenvalue weighted by atomic mass is 32.2. The van der Waals surface area contributed by atoms with Crippen LogP contribution in [0, 0.1) is 18.7 Å². The number of benzene rings is 2. The standard InChI is InChI=1S/C18H21FN2O3S/c1-12(2)11-20-18(22)17-10-16(8-7-13(17)3)25(23,24)21-15-6-4-5-14(19)9-15/h4-10,12,21H,11H2,1-3H3,(H,20,22). The quantitative estimate of drug-likeness (QED) is 0.826. The molecule has 0 spiro atoms. The molecule has 2 N–H and O–H groups in total. The molecule has 0 saturated carbocycles. The molecular formula is C18H21FN2O3S. The zero-order valence-corrected chi connectivity index (χ0v) is 15.2. The van der Waals surface area contributed by atoms with Gasteiger partial charge in [0.2, 0.25) is 0 Å². The van der Waals surface area contributed by atoms with E-state index in [1.165, 1.54) is 30.3 Å². The summed E-state index contributed by atoms with van der Waals surface area (Å²) in [6, 6.07) is 9.48. The van der Waals surface area contributed by atoms with Crippen LogP contribution in [0.25, 0.3) is 0 Å². The Bertz CT molecular complexity index is 880. The molecule has 2 aromatic carbocycles. The van der Waals surface area contributed by atoms with Gasteiger partial charge in [-0.2, -0.15) is 0 Å². The molecule has 0 aromatic heterocycles. The number of amides is 1. The van der Waals surface area contributed by atoms with Crippen molar-refractivity contribution in [3.8, 4) is 0 Å². The van der Waals surface area contributed by atoms with Gasteiger partial charge in [0.05, 0.1) is 10.6 Å². The number of halogens is 1. The number of carbonyl (C=O) groups excluding carboxylic acids is 1. The molecule has 2 aromatic rings. The Kier molecular flexibility index (Phi) is 5.79. The van der Waals surface area contributed by atoms with Gasteiger partial charge in [0.15, 0.2) is 0 Å². The first kappa shape index (κ1) is 18.9. The zero-order chi connectivity index (χ0) is 18.6. The Hall–Kier alpha value is -2.41. The summed E-state index contributed by atoms with van der Waals surface area (Å²) in [7, 11) is -3.93. The second kappa shape index (κ2) is 7.65. The first-order chi connectivity index (χ1) is 11.7. The molecule has 0 unspecified atom stereocenters. The molecule has 2 rings (SSSR count). The lowest BCUT2D eigenvalue weighted by molar-refractivity contribution is 0.0948. The first-order valence-corrected chi connectivity index (χ1v) is 9.34. The van der Waals surface area contributed by atoms with E-state index in [2.05, 4.69) is 10.0 Å². The number of hydrogen-bond donors (Lipinski definition) is 2. The lowest BCUT2D eigenvalue weighted by Crippen LogP contribution is -2.28. The van der Waals surface area contributed by atoms with E-state index in [1.807, 2.05) is 13.8 Å². The third-order valence-corrected chi connectivity index (χ3v) is 4.89. The van der Waals surface area contributed by atoms with Gasteiger partial charge in [0.1, 0.15) is 5.82 Å². The van der Waals surface area contributed by atoms with Crippen LogP contribution in [0.1, 0.15) is 29.8 Å². The van der Waals surface area contributed by atoms with Crippen LogP contribution in [0.3, 0.4) is 0 Å². The lowest BCUT2D eigenvalue weighted by atomic mass is 10.1. The van der Waals surface area contributed by atoms with Crippen LogP contribution < -0.4 is 10.0 Å². The number of anilines is 1.